The molecule has 0 spiro atoms. The van der Waals surface area contributed by atoms with Crippen LogP contribution in [-0.2, 0) is 0 Å². The lowest BCUT2D eigenvalue weighted by molar-refractivity contribution is 0.404. The van der Waals surface area contributed by atoms with Crippen molar-refractivity contribution in [3.8, 4) is 5.75 Å². The van der Waals surface area contributed by atoms with Gasteiger partial charge in [0.25, 0.3) is 0 Å². The largest absolute Gasteiger partial charge is 0.495 e. The summed E-state index contributed by atoms with van der Waals surface area (Å²) in [5, 5.41) is 0. The molecule has 1 fully saturated rings. The Hall–Kier alpha value is -2.36. The van der Waals surface area contributed by atoms with Crippen molar-refractivity contribution in [3.63, 3.8) is 0 Å². The summed E-state index contributed by atoms with van der Waals surface area (Å²) in [5.41, 5.74) is 5.66. The van der Waals surface area contributed by atoms with Crippen LogP contribution in [0.2, 0.25) is 0 Å². The second kappa shape index (κ2) is 5.58. The zero-order valence-electron chi connectivity index (χ0n) is 15.0. The highest BCUT2D eigenvalue weighted by molar-refractivity contribution is 5.81. The molecule has 1 saturated heterocycles. The molecule has 0 unspecified atom stereocenters. The number of piperidine rings is 1. The third-order valence-electron chi connectivity index (χ3n) is 6.22. The van der Waals surface area contributed by atoms with Crippen molar-refractivity contribution in [2.45, 2.75) is 18.4 Å². The Labute approximate surface area is 149 Å². The Morgan fingerprint density at radius 2 is 1.80 bits per heavy atom. The molecule has 5 rings (SSSR count). The van der Waals surface area contributed by atoms with Crippen molar-refractivity contribution in [2.24, 2.45) is 0 Å². The van der Waals surface area contributed by atoms with Gasteiger partial charge in [-0.1, -0.05) is 24.3 Å². The molecule has 0 N–H and O–H groups in total. The molecule has 3 aliphatic heterocycles. The topological polar surface area (TPSA) is 19.0 Å². The van der Waals surface area contributed by atoms with Crippen LogP contribution in [0.4, 0.5) is 17.1 Å². The average Bonchev–Trinajstić information content (AvgIpc) is 2.99. The van der Waals surface area contributed by atoms with Crippen LogP contribution in [0.3, 0.4) is 0 Å². The fourth-order valence-corrected chi connectivity index (χ4v) is 5.02. The van der Waals surface area contributed by atoms with E-state index in [2.05, 4.69) is 58.1 Å². The number of rotatable bonds is 2. The van der Waals surface area contributed by atoms with Crippen molar-refractivity contribution >= 4 is 17.1 Å². The molecule has 0 bridgehead atoms. The van der Waals surface area contributed by atoms with Crippen molar-refractivity contribution in [3.05, 3.63) is 48.0 Å². The van der Waals surface area contributed by atoms with Crippen LogP contribution in [0.25, 0.3) is 0 Å². The van der Waals surface area contributed by atoms with Gasteiger partial charge in [-0.25, -0.2) is 0 Å². The van der Waals surface area contributed by atoms with E-state index in [0.717, 1.165) is 31.9 Å². The maximum Gasteiger partial charge on any atom is 0.142 e. The van der Waals surface area contributed by atoms with Crippen LogP contribution >= 0.6 is 0 Å². The minimum atomic E-state index is 0.583. The normalized spacial score (nSPS) is 24.2. The molecule has 2 aromatic rings. The number of hydrogen-bond donors (Lipinski definition) is 0. The lowest BCUT2D eigenvalue weighted by Crippen LogP contribution is -2.49. The van der Waals surface area contributed by atoms with E-state index in [0.29, 0.717) is 12.0 Å². The number of ether oxygens (including phenoxy) is 1. The number of benzene rings is 2. The van der Waals surface area contributed by atoms with E-state index >= 15 is 0 Å². The number of anilines is 3. The summed E-state index contributed by atoms with van der Waals surface area (Å²) in [6, 6.07) is 15.9. The number of nitrogens with zero attached hydrogens (tertiary/aromatic N) is 3. The Morgan fingerprint density at radius 3 is 2.68 bits per heavy atom. The van der Waals surface area contributed by atoms with Crippen LogP contribution in [0.1, 0.15) is 17.9 Å². The summed E-state index contributed by atoms with van der Waals surface area (Å²) in [7, 11) is 3.98. The molecule has 0 radical (unpaired) electrons. The maximum atomic E-state index is 5.61. The first-order valence-corrected chi connectivity index (χ1v) is 9.26. The predicted octanol–water partition coefficient (Wildman–Crippen LogP) is 3.33. The van der Waals surface area contributed by atoms with Gasteiger partial charge in [0.1, 0.15) is 5.75 Å². The van der Waals surface area contributed by atoms with Gasteiger partial charge in [0.15, 0.2) is 0 Å². The number of fused-ring (bicyclic) bond motifs is 3. The van der Waals surface area contributed by atoms with E-state index in [4.69, 9.17) is 4.74 Å². The molecule has 0 saturated carbocycles. The molecular formula is C21H25N3O. The van der Waals surface area contributed by atoms with Crippen LogP contribution in [0.5, 0.6) is 5.75 Å². The van der Waals surface area contributed by atoms with Gasteiger partial charge < -0.3 is 19.4 Å². The summed E-state index contributed by atoms with van der Waals surface area (Å²) in [6.07, 6.45) is 1.21. The summed E-state index contributed by atoms with van der Waals surface area (Å²) >= 11 is 0. The minimum Gasteiger partial charge on any atom is -0.495 e. The standard InChI is InChI=1S/C21H25N3O/c1-22-12-13-24-17-10-11-23(18-7-3-4-9-20(18)25-2)14-16(17)15-6-5-8-19(22)21(15)24/h3-9,16-17H,10-14H2,1-2H3/t16-,17-/m0/s1. The molecule has 25 heavy (non-hydrogen) atoms. The summed E-state index contributed by atoms with van der Waals surface area (Å²) in [4.78, 5) is 7.61. The molecule has 0 aromatic heterocycles. The zero-order valence-corrected chi connectivity index (χ0v) is 15.0. The number of likely N-dealkylation sites (N-methyl/N-ethyl adjacent to an activating group) is 1. The van der Waals surface area contributed by atoms with Crippen molar-refractivity contribution in [1.29, 1.82) is 0 Å². The number of para-hydroxylation sites is 3. The van der Waals surface area contributed by atoms with E-state index in [1.165, 1.54) is 29.0 Å². The monoisotopic (exact) mass is 335 g/mol. The highest BCUT2D eigenvalue weighted by Crippen LogP contribution is 2.51. The molecular weight excluding hydrogens is 310 g/mol. The quantitative estimate of drug-likeness (QED) is 0.838. The van der Waals surface area contributed by atoms with Gasteiger partial charge in [-0.05, 0) is 30.2 Å². The average molecular weight is 335 g/mol. The molecule has 4 nitrogen and oxygen atoms in total. The van der Waals surface area contributed by atoms with Gasteiger partial charge in [-0.15, -0.1) is 0 Å². The lowest BCUT2D eigenvalue weighted by atomic mass is 9.88. The van der Waals surface area contributed by atoms with Crippen LogP contribution in [0.15, 0.2) is 42.5 Å². The van der Waals surface area contributed by atoms with Crippen LogP contribution in [0, 0.1) is 0 Å². The summed E-state index contributed by atoms with van der Waals surface area (Å²) in [6.45, 7) is 4.44. The minimum absolute atomic E-state index is 0.583. The smallest absolute Gasteiger partial charge is 0.142 e. The van der Waals surface area contributed by atoms with Gasteiger partial charge in [0, 0.05) is 45.2 Å². The maximum absolute atomic E-state index is 5.61. The van der Waals surface area contributed by atoms with Gasteiger partial charge in [-0.2, -0.15) is 0 Å². The van der Waals surface area contributed by atoms with E-state index in [1.807, 2.05) is 6.07 Å². The molecule has 2 atom stereocenters. The van der Waals surface area contributed by atoms with Gasteiger partial charge in [0.2, 0.25) is 0 Å². The fourth-order valence-electron chi connectivity index (χ4n) is 5.02. The lowest BCUT2D eigenvalue weighted by Gasteiger charge is -2.42. The van der Waals surface area contributed by atoms with Crippen LogP contribution in [-0.4, -0.2) is 46.4 Å². The predicted molar refractivity (Wildman–Crippen MR) is 103 cm³/mol. The third kappa shape index (κ3) is 2.13. The van der Waals surface area contributed by atoms with Crippen molar-refractivity contribution in [1.82, 2.24) is 0 Å². The van der Waals surface area contributed by atoms with Gasteiger partial charge in [0.05, 0.1) is 24.2 Å². The van der Waals surface area contributed by atoms with Gasteiger partial charge in [-0.3, -0.25) is 0 Å². The number of methoxy groups -OCH3 is 1. The molecule has 3 heterocycles. The first-order chi connectivity index (χ1) is 12.3. The second-order valence-corrected chi connectivity index (χ2v) is 7.41. The first-order valence-electron chi connectivity index (χ1n) is 9.26. The molecule has 0 aliphatic carbocycles. The van der Waals surface area contributed by atoms with Crippen molar-refractivity contribution < 1.29 is 4.74 Å². The Kier molecular flexibility index (Phi) is 3.34. The molecule has 2 aromatic carbocycles. The Balaban J connectivity index is 1.52. The Bertz CT molecular complexity index is 805. The van der Waals surface area contributed by atoms with Gasteiger partial charge >= 0.3 is 0 Å². The first kappa shape index (κ1) is 14.9. The highest BCUT2D eigenvalue weighted by atomic mass is 16.5. The zero-order chi connectivity index (χ0) is 17.0. The number of hydrogen-bond acceptors (Lipinski definition) is 4. The highest BCUT2D eigenvalue weighted by Gasteiger charge is 2.44. The van der Waals surface area contributed by atoms with E-state index in [9.17, 15) is 0 Å². The van der Waals surface area contributed by atoms with Crippen molar-refractivity contribution in [2.75, 3.05) is 55.0 Å². The molecule has 3 aliphatic rings. The molecule has 0 amide bonds. The molecule has 4 heteroatoms. The van der Waals surface area contributed by atoms with E-state index < -0.39 is 0 Å². The fraction of sp³-hybridized carbons (Fsp3) is 0.429. The Morgan fingerprint density at radius 1 is 0.960 bits per heavy atom. The summed E-state index contributed by atoms with van der Waals surface area (Å²) < 4.78 is 5.61. The SMILES string of the molecule is COc1ccccc1N1CC[C@H]2[C@@H](C1)c1cccc3c1N2CCN3C. The third-order valence-corrected chi connectivity index (χ3v) is 6.22. The van der Waals surface area contributed by atoms with E-state index in [-0.39, 0.29) is 0 Å². The van der Waals surface area contributed by atoms with Crippen LogP contribution < -0.4 is 19.4 Å². The summed E-state index contributed by atoms with van der Waals surface area (Å²) in [5.74, 6) is 1.56. The second-order valence-electron chi connectivity index (χ2n) is 7.41. The molecule has 130 valence electrons. The van der Waals surface area contributed by atoms with E-state index in [1.54, 1.807) is 7.11 Å².